The molecule has 0 fully saturated rings. The number of rotatable bonds is 8. The van der Waals surface area contributed by atoms with Crippen LogP contribution in [0.3, 0.4) is 0 Å². The number of ether oxygens (including phenoxy) is 1. The van der Waals surface area contributed by atoms with Crippen LogP contribution in [0.25, 0.3) is 0 Å². The molecule has 0 amide bonds. The number of pyridine rings is 1. The smallest absolute Gasteiger partial charge is 0.129 e. The Bertz CT molecular complexity index is 468. The Morgan fingerprint density at radius 3 is 3.11 bits per heavy atom. The molecule has 2 aromatic heterocycles. The lowest BCUT2D eigenvalue weighted by Crippen LogP contribution is -2.10. The Morgan fingerprint density at radius 1 is 1.37 bits per heavy atom. The molecule has 0 saturated heterocycles. The van der Waals surface area contributed by atoms with Crippen LogP contribution in [0.15, 0.2) is 41.1 Å². The molecule has 2 rings (SSSR count). The molecule has 4 heteroatoms. The van der Waals surface area contributed by atoms with Crippen LogP contribution >= 0.6 is 0 Å². The molecule has 4 nitrogen and oxygen atoms in total. The van der Waals surface area contributed by atoms with E-state index in [1.165, 1.54) is 0 Å². The first kappa shape index (κ1) is 13.8. The summed E-state index contributed by atoms with van der Waals surface area (Å²) in [6.07, 6.45) is 4.40. The lowest BCUT2D eigenvalue weighted by Gasteiger charge is -2.01. The summed E-state index contributed by atoms with van der Waals surface area (Å²) in [5.41, 5.74) is 2.21. The molecular formula is C15H20N2O2. The molecule has 0 aliphatic carbocycles. The van der Waals surface area contributed by atoms with Gasteiger partial charge < -0.3 is 14.5 Å². The normalized spacial score (nSPS) is 10.8. The minimum Gasteiger partial charge on any atom is -0.467 e. The fourth-order valence-corrected chi connectivity index (χ4v) is 1.76. The van der Waals surface area contributed by atoms with Gasteiger partial charge in [-0.05, 0) is 24.7 Å². The van der Waals surface area contributed by atoms with Crippen molar-refractivity contribution in [2.45, 2.75) is 26.5 Å². The third-order valence-corrected chi connectivity index (χ3v) is 2.76. The number of hydrogen-bond donors (Lipinski definition) is 1. The number of aromatic nitrogens is 1. The Morgan fingerprint density at radius 2 is 2.32 bits per heavy atom. The molecule has 0 aromatic carbocycles. The lowest BCUT2D eigenvalue weighted by molar-refractivity contribution is 0.108. The van der Waals surface area contributed by atoms with Crippen LogP contribution in [0, 0.1) is 0 Å². The summed E-state index contributed by atoms with van der Waals surface area (Å²) in [5.74, 6) is 0.869. The van der Waals surface area contributed by atoms with E-state index in [-0.39, 0.29) is 0 Å². The van der Waals surface area contributed by atoms with E-state index in [1.54, 1.807) is 12.5 Å². The zero-order valence-electron chi connectivity index (χ0n) is 11.3. The van der Waals surface area contributed by atoms with Gasteiger partial charge in [0.25, 0.3) is 0 Å². The minimum absolute atomic E-state index is 0.513. The molecule has 0 spiro atoms. The highest BCUT2D eigenvalue weighted by Gasteiger charge is 2.02. The highest BCUT2D eigenvalue weighted by molar-refractivity contribution is 5.12. The zero-order chi connectivity index (χ0) is 13.3. The van der Waals surface area contributed by atoms with E-state index in [9.17, 15) is 0 Å². The third-order valence-electron chi connectivity index (χ3n) is 2.76. The lowest BCUT2D eigenvalue weighted by atomic mass is 10.3. The fourth-order valence-electron chi connectivity index (χ4n) is 1.76. The predicted molar refractivity (Wildman–Crippen MR) is 73.7 cm³/mol. The van der Waals surface area contributed by atoms with Crippen molar-refractivity contribution in [2.24, 2.45) is 0 Å². The molecule has 0 saturated carbocycles. The maximum Gasteiger partial charge on any atom is 0.129 e. The van der Waals surface area contributed by atoms with Gasteiger partial charge in [-0.15, -0.1) is 0 Å². The first-order valence-corrected chi connectivity index (χ1v) is 6.63. The topological polar surface area (TPSA) is 47.3 Å². The molecule has 1 N–H and O–H groups in total. The van der Waals surface area contributed by atoms with Crippen molar-refractivity contribution >= 4 is 0 Å². The Balaban J connectivity index is 1.66. The third kappa shape index (κ3) is 4.85. The maximum atomic E-state index is 5.59. The molecule has 19 heavy (non-hydrogen) atoms. The van der Waals surface area contributed by atoms with Gasteiger partial charge >= 0.3 is 0 Å². The van der Waals surface area contributed by atoms with Crippen LogP contribution in [0.1, 0.15) is 23.9 Å². The van der Waals surface area contributed by atoms with Crippen molar-refractivity contribution in [1.82, 2.24) is 10.3 Å². The van der Waals surface area contributed by atoms with Crippen LogP contribution in [0.2, 0.25) is 0 Å². The van der Waals surface area contributed by atoms with Gasteiger partial charge in [-0.25, -0.2) is 0 Å². The van der Waals surface area contributed by atoms with Gasteiger partial charge in [-0.2, -0.15) is 0 Å². The van der Waals surface area contributed by atoms with Crippen LogP contribution in [0.5, 0.6) is 0 Å². The number of furan rings is 1. The number of nitrogens with zero attached hydrogens (tertiary/aromatic N) is 1. The summed E-state index contributed by atoms with van der Waals surface area (Å²) in [5, 5.41) is 3.26. The van der Waals surface area contributed by atoms with E-state index in [4.69, 9.17) is 9.15 Å². The van der Waals surface area contributed by atoms with Gasteiger partial charge in [-0.1, -0.05) is 13.0 Å². The Labute approximate surface area is 113 Å². The van der Waals surface area contributed by atoms with E-state index in [0.29, 0.717) is 13.2 Å². The molecule has 102 valence electrons. The molecule has 0 unspecified atom stereocenters. The van der Waals surface area contributed by atoms with Gasteiger partial charge in [-0.3, -0.25) is 4.98 Å². The van der Waals surface area contributed by atoms with Crippen molar-refractivity contribution in [3.05, 3.63) is 53.7 Å². The number of hydrogen-bond acceptors (Lipinski definition) is 4. The molecule has 0 aliphatic heterocycles. The first-order valence-electron chi connectivity index (χ1n) is 6.63. The fraction of sp³-hybridized carbons (Fsp3) is 0.400. The summed E-state index contributed by atoms with van der Waals surface area (Å²) in [6.45, 7) is 5.05. The van der Waals surface area contributed by atoms with Crippen molar-refractivity contribution in [3.8, 4) is 0 Å². The SMILES string of the molecule is CCNCc1coc(COCCc2ccccn2)c1. The zero-order valence-corrected chi connectivity index (χ0v) is 11.3. The maximum absolute atomic E-state index is 5.59. The van der Waals surface area contributed by atoms with Crippen LogP contribution in [-0.2, 0) is 24.3 Å². The van der Waals surface area contributed by atoms with Gasteiger partial charge in [0.2, 0.25) is 0 Å². The molecule has 2 aromatic rings. The molecular weight excluding hydrogens is 240 g/mol. The molecule has 0 aliphatic rings. The predicted octanol–water partition coefficient (Wildman–Crippen LogP) is 2.54. The monoisotopic (exact) mass is 260 g/mol. The minimum atomic E-state index is 0.513. The van der Waals surface area contributed by atoms with E-state index in [2.05, 4.69) is 17.2 Å². The van der Waals surface area contributed by atoms with Crippen LogP contribution in [-0.4, -0.2) is 18.1 Å². The molecule has 0 atom stereocenters. The average molecular weight is 260 g/mol. The summed E-state index contributed by atoms with van der Waals surface area (Å²) in [6, 6.07) is 7.94. The van der Waals surface area contributed by atoms with Crippen molar-refractivity contribution in [1.29, 1.82) is 0 Å². The largest absolute Gasteiger partial charge is 0.467 e. The second-order valence-electron chi connectivity index (χ2n) is 4.33. The van der Waals surface area contributed by atoms with E-state index in [0.717, 1.165) is 36.5 Å². The van der Waals surface area contributed by atoms with Gasteiger partial charge in [0, 0.05) is 30.4 Å². The van der Waals surface area contributed by atoms with Crippen molar-refractivity contribution in [3.63, 3.8) is 0 Å². The molecule has 2 heterocycles. The Kier molecular flexibility index (Phi) is 5.59. The van der Waals surface area contributed by atoms with E-state index < -0.39 is 0 Å². The second-order valence-corrected chi connectivity index (χ2v) is 4.33. The van der Waals surface area contributed by atoms with Crippen molar-refractivity contribution < 1.29 is 9.15 Å². The molecule has 0 radical (unpaired) electrons. The number of nitrogens with one attached hydrogen (secondary N) is 1. The Hall–Kier alpha value is -1.65. The van der Waals surface area contributed by atoms with Gasteiger partial charge in [0.05, 0.1) is 12.9 Å². The highest BCUT2D eigenvalue weighted by Crippen LogP contribution is 2.09. The summed E-state index contributed by atoms with van der Waals surface area (Å²) < 4.78 is 11.0. The summed E-state index contributed by atoms with van der Waals surface area (Å²) in [7, 11) is 0. The molecule has 0 bridgehead atoms. The van der Waals surface area contributed by atoms with Crippen molar-refractivity contribution in [2.75, 3.05) is 13.2 Å². The van der Waals surface area contributed by atoms with Gasteiger partial charge in [0.15, 0.2) is 0 Å². The standard InChI is InChI=1S/C15H20N2O2/c1-2-16-10-13-9-15(19-11-13)12-18-8-6-14-5-3-4-7-17-14/h3-5,7,9,11,16H,2,6,8,10,12H2,1H3. The van der Waals surface area contributed by atoms with E-state index >= 15 is 0 Å². The second kappa shape index (κ2) is 7.71. The highest BCUT2D eigenvalue weighted by atomic mass is 16.5. The quantitative estimate of drug-likeness (QED) is 0.741. The van der Waals surface area contributed by atoms with Crippen LogP contribution < -0.4 is 5.32 Å². The van der Waals surface area contributed by atoms with Gasteiger partial charge in [0.1, 0.15) is 12.4 Å². The van der Waals surface area contributed by atoms with Crippen LogP contribution in [0.4, 0.5) is 0 Å². The average Bonchev–Trinajstić information content (AvgIpc) is 2.90. The first-order chi connectivity index (χ1) is 9.38. The summed E-state index contributed by atoms with van der Waals surface area (Å²) >= 11 is 0. The van der Waals surface area contributed by atoms with E-state index in [1.807, 2.05) is 24.3 Å². The summed E-state index contributed by atoms with van der Waals surface area (Å²) in [4.78, 5) is 4.25.